The van der Waals surface area contributed by atoms with Crippen molar-refractivity contribution in [3.63, 3.8) is 0 Å². The van der Waals surface area contributed by atoms with Gasteiger partial charge in [-0.05, 0) is 50.7 Å². The van der Waals surface area contributed by atoms with Gasteiger partial charge in [-0.15, -0.1) is 11.3 Å². The van der Waals surface area contributed by atoms with E-state index in [0.717, 1.165) is 28.3 Å². The third kappa shape index (κ3) is 7.12. The first-order valence-corrected chi connectivity index (χ1v) is 13.6. The van der Waals surface area contributed by atoms with Crippen LogP contribution in [0.15, 0.2) is 52.8 Å². The van der Waals surface area contributed by atoms with Crippen LogP contribution >= 0.6 is 11.3 Å². The average molecular weight is 567 g/mol. The fraction of sp³-hybridized carbons (Fsp3) is 0.464. The molecule has 2 aliphatic heterocycles. The van der Waals surface area contributed by atoms with E-state index in [1.54, 1.807) is 19.9 Å². The van der Waals surface area contributed by atoms with E-state index in [1.807, 2.05) is 31.2 Å². The Bertz CT molecular complexity index is 1280. The molecule has 39 heavy (non-hydrogen) atoms. The molecule has 2 aliphatic rings. The van der Waals surface area contributed by atoms with Crippen molar-refractivity contribution in [2.24, 2.45) is 10.9 Å². The van der Waals surface area contributed by atoms with Gasteiger partial charge in [0.15, 0.2) is 0 Å². The summed E-state index contributed by atoms with van der Waals surface area (Å²) in [6.45, 7) is 4.64. The SMILES string of the molecule is Cc1ccc(-c2sc(C)nc2C(=O)N2CC(F)(F)C[C@@H](C)C2CNC2=C/CCC/C=C(C(F)(F)F)/C=N\2)cc1. The van der Waals surface area contributed by atoms with Gasteiger partial charge >= 0.3 is 6.18 Å². The molecule has 1 unspecified atom stereocenters. The number of alkyl halides is 5. The fourth-order valence-electron chi connectivity index (χ4n) is 4.86. The Balaban J connectivity index is 1.60. The zero-order valence-electron chi connectivity index (χ0n) is 22.0. The van der Waals surface area contributed by atoms with E-state index in [0.29, 0.717) is 22.7 Å². The molecule has 1 fully saturated rings. The van der Waals surface area contributed by atoms with Crippen molar-refractivity contribution in [2.75, 3.05) is 13.1 Å². The monoisotopic (exact) mass is 566 g/mol. The summed E-state index contributed by atoms with van der Waals surface area (Å²) < 4.78 is 69.3. The summed E-state index contributed by atoms with van der Waals surface area (Å²) in [5.74, 6) is -4.04. The van der Waals surface area contributed by atoms with Crippen molar-refractivity contribution in [1.29, 1.82) is 0 Å². The minimum atomic E-state index is -4.52. The van der Waals surface area contributed by atoms with Crippen LogP contribution in [0.2, 0.25) is 0 Å². The second-order valence-electron chi connectivity index (χ2n) is 10.1. The van der Waals surface area contributed by atoms with Crippen molar-refractivity contribution in [2.45, 2.75) is 64.6 Å². The lowest BCUT2D eigenvalue weighted by Crippen LogP contribution is -2.58. The Labute approximate surface area is 228 Å². The van der Waals surface area contributed by atoms with Crippen LogP contribution in [0.3, 0.4) is 0 Å². The van der Waals surface area contributed by atoms with E-state index in [4.69, 9.17) is 0 Å². The second kappa shape index (κ2) is 11.6. The number of benzene rings is 1. The zero-order chi connectivity index (χ0) is 28.4. The number of allylic oxidation sites excluding steroid dienone is 3. The minimum absolute atomic E-state index is 0.0558. The molecule has 0 aliphatic carbocycles. The number of halogens is 5. The number of amides is 1. The predicted octanol–water partition coefficient (Wildman–Crippen LogP) is 7.09. The molecule has 1 N–H and O–H groups in total. The molecule has 1 aromatic carbocycles. The van der Waals surface area contributed by atoms with E-state index in [2.05, 4.69) is 15.3 Å². The Morgan fingerprint density at radius 1 is 1.15 bits per heavy atom. The first-order chi connectivity index (χ1) is 18.3. The summed E-state index contributed by atoms with van der Waals surface area (Å²) in [5.41, 5.74) is 1.11. The maximum absolute atomic E-state index is 14.7. The van der Waals surface area contributed by atoms with Gasteiger partial charge in [0.2, 0.25) is 0 Å². The fourth-order valence-corrected chi connectivity index (χ4v) is 5.78. The highest BCUT2D eigenvalue weighted by Crippen LogP contribution is 2.37. The molecule has 4 rings (SSSR count). The van der Waals surface area contributed by atoms with Crippen LogP contribution in [-0.2, 0) is 0 Å². The highest BCUT2D eigenvalue weighted by molar-refractivity contribution is 7.15. The van der Waals surface area contributed by atoms with Gasteiger partial charge in [-0.2, -0.15) is 13.2 Å². The molecule has 1 saturated heterocycles. The number of carbonyl (C=O) groups is 1. The smallest absolute Gasteiger partial charge is 0.368 e. The second-order valence-corrected chi connectivity index (χ2v) is 11.3. The molecule has 1 aromatic heterocycles. The Morgan fingerprint density at radius 2 is 1.85 bits per heavy atom. The number of rotatable bonds is 5. The molecule has 0 radical (unpaired) electrons. The molecule has 3 heterocycles. The summed E-state index contributed by atoms with van der Waals surface area (Å²) in [5, 5.41) is 3.66. The van der Waals surface area contributed by atoms with Crippen LogP contribution in [-0.4, -0.2) is 53.2 Å². The molecule has 11 heteroatoms. The summed E-state index contributed by atoms with van der Waals surface area (Å²) >= 11 is 1.32. The van der Waals surface area contributed by atoms with Crippen molar-refractivity contribution >= 4 is 23.5 Å². The number of aryl methyl sites for hydroxylation is 2. The number of thiazole rings is 1. The van der Waals surface area contributed by atoms with Crippen molar-refractivity contribution in [1.82, 2.24) is 15.2 Å². The van der Waals surface area contributed by atoms with Gasteiger partial charge in [-0.3, -0.25) is 4.79 Å². The first-order valence-electron chi connectivity index (χ1n) is 12.8. The topological polar surface area (TPSA) is 57.6 Å². The maximum atomic E-state index is 14.7. The van der Waals surface area contributed by atoms with Crippen LogP contribution in [0.1, 0.15) is 53.7 Å². The van der Waals surface area contributed by atoms with E-state index < -0.39 is 48.5 Å². The van der Waals surface area contributed by atoms with E-state index in [1.165, 1.54) is 11.3 Å². The van der Waals surface area contributed by atoms with E-state index in [9.17, 15) is 26.7 Å². The van der Waals surface area contributed by atoms with E-state index >= 15 is 0 Å². The number of nitrogens with one attached hydrogen (secondary N) is 1. The number of likely N-dealkylation sites (tertiary alicyclic amines) is 1. The Hall–Kier alpha value is -3.08. The third-order valence-corrected chi connectivity index (χ3v) is 7.88. The lowest BCUT2D eigenvalue weighted by atomic mass is 9.88. The van der Waals surface area contributed by atoms with Crippen molar-refractivity contribution < 1.29 is 26.7 Å². The van der Waals surface area contributed by atoms with Gasteiger partial charge in [-0.1, -0.05) is 42.8 Å². The Kier molecular flexibility index (Phi) is 8.58. The first kappa shape index (κ1) is 28.9. The highest BCUT2D eigenvalue weighted by atomic mass is 32.1. The maximum Gasteiger partial charge on any atom is 0.417 e. The largest absolute Gasteiger partial charge is 0.417 e. The molecule has 0 bridgehead atoms. The van der Waals surface area contributed by atoms with Crippen molar-refractivity contribution in [3.8, 4) is 10.4 Å². The summed E-state index contributed by atoms with van der Waals surface area (Å²) in [4.78, 5) is 24.0. The number of aromatic nitrogens is 1. The lowest BCUT2D eigenvalue weighted by molar-refractivity contribution is -0.0913. The van der Waals surface area contributed by atoms with Crippen LogP contribution < -0.4 is 5.32 Å². The lowest BCUT2D eigenvalue weighted by Gasteiger charge is -2.43. The van der Waals surface area contributed by atoms with Gasteiger partial charge in [0.05, 0.1) is 28.0 Å². The number of hydrogen-bond donors (Lipinski definition) is 1. The van der Waals surface area contributed by atoms with Crippen LogP contribution in [0.4, 0.5) is 22.0 Å². The highest BCUT2D eigenvalue weighted by Gasteiger charge is 2.47. The zero-order valence-corrected chi connectivity index (χ0v) is 22.8. The van der Waals surface area contributed by atoms with Gasteiger partial charge in [0, 0.05) is 19.2 Å². The molecular formula is C28H31F5N4OS. The van der Waals surface area contributed by atoms with Gasteiger partial charge in [-0.25, -0.2) is 18.8 Å². The van der Waals surface area contributed by atoms with Gasteiger partial charge < -0.3 is 10.2 Å². The number of aliphatic imine (C=N–C) groups is 1. The van der Waals surface area contributed by atoms with Crippen LogP contribution in [0.25, 0.3) is 10.4 Å². The third-order valence-electron chi connectivity index (χ3n) is 6.86. The summed E-state index contributed by atoms with van der Waals surface area (Å²) in [7, 11) is 0. The van der Waals surface area contributed by atoms with E-state index in [-0.39, 0.29) is 24.5 Å². The number of carbonyl (C=O) groups excluding carboxylic acids is 1. The average Bonchev–Trinajstić information content (AvgIpc) is 3.28. The molecule has 0 spiro atoms. The summed E-state index contributed by atoms with van der Waals surface area (Å²) in [6.07, 6.45) is -0.0735. The quantitative estimate of drug-likeness (QED) is 0.393. The predicted molar refractivity (Wildman–Crippen MR) is 143 cm³/mol. The minimum Gasteiger partial charge on any atom is -0.368 e. The molecule has 210 valence electrons. The molecule has 2 aromatic rings. The number of piperidine rings is 1. The molecule has 5 nitrogen and oxygen atoms in total. The molecular weight excluding hydrogens is 535 g/mol. The summed E-state index contributed by atoms with van der Waals surface area (Å²) in [6, 6.07) is 6.92. The van der Waals surface area contributed by atoms with Crippen LogP contribution in [0.5, 0.6) is 0 Å². The number of nitrogens with zero attached hydrogens (tertiary/aromatic N) is 3. The normalized spacial score (nSPS) is 25.4. The number of hydrogen-bond acceptors (Lipinski definition) is 5. The molecule has 1 amide bonds. The van der Waals surface area contributed by atoms with Crippen LogP contribution in [0, 0.1) is 19.8 Å². The van der Waals surface area contributed by atoms with Gasteiger partial charge in [0.1, 0.15) is 11.5 Å². The standard InChI is InChI=1S/C28H31F5N4OS/c1-17-9-11-20(12-10-17)25-24(36-19(3)39-25)26(38)37-16-27(29,30)13-18(2)22(37)15-35-23-8-6-4-5-7-21(14-34-23)28(31,32)33/h7-12,14,18,22,35H,4-6,13,15-16H2,1-3H3/b21-7-,23-8+,34-14-/t18-,22?/m1/s1. The van der Waals surface area contributed by atoms with Crippen molar-refractivity contribution in [3.05, 3.63) is 64.1 Å². The Morgan fingerprint density at radius 3 is 2.54 bits per heavy atom. The van der Waals surface area contributed by atoms with Gasteiger partial charge in [0.25, 0.3) is 11.8 Å². The molecule has 2 atom stereocenters. The molecule has 0 saturated carbocycles.